The van der Waals surface area contributed by atoms with E-state index in [0.717, 1.165) is 0 Å². The lowest BCUT2D eigenvalue weighted by molar-refractivity contribution is -0.147. The largest absolute Gasteiger partial charge is 0.379 e. The van der Waals surface area contributed by atoms with Crippen LogP contribution in [0.2, 0.25) is 0 Å². The normalized spacial score (nSPS) is 19.2. The Hall–Kier alpha value is -3.07. The van der Waals surface area contributed by atoms with Crippen LogP contribution in [0.3, 0.4) is 0 Å². The summed E-state index contributed by atoms with van der Waals surface area (Å²) in [6.45, 7) is 13.7. The summed E-state index contributed by atoms with van der Waals surface area (Å²) in [4.78, 5) is 57.9. The first-order chi connectivity index (χ1) is 23.9. The van der Waals surface area contributed by atoms with Gasteiger partial charge in [-0.2, -0.15) is 0 Å². The molecule has 3 N–H and O–H groups in total. The van der Waals surface area contributed by atoms with Gasteiger partial charge >= 0.3 is 0 Å². The molecule has 4 amide bonds. The number of nitrogens with one attached hydrogen (secondary N) is 3. The first-order valence-corrected chi connectivity index (χ1v) is 19.8. The van der Waals surface area contributed by atoms with Gasteiger partial charge in [0.15, 0.2) is 0 Å². The highest BCUT2D eigenvalue weighted by Crippen LogP contribution is 2.30. The Morgan fingerprint density at radius 1 is 0.941 bits per heavy atom. The number of likely N-dealkylation sites (N-methyl/N-ethyl adjacent to an activating group) is 2. The van der Waals surface area contributed by atoms with E-state index >= 15 is 0 Å². The number of benzene rings is 1. The molecule has 8 atom stereocenters. The summed E-state index contributed by atoms with van der Waals surface area (Å²) in [5, 5.41) is 5.99. The van der Waals surface area contributed by atoms with Gasteiger partial charge in [-0.25, -0.2) is 8.42 Å². The molecule has 0 radical (unpaired) electrons. The summed E-state index contributed by atoms with van der Waals surface area (Å²) < 4.78 is 39.6. The molecule has 51 heavy (non-hydrogen) atoms. The van der Waals surface area contributed by atoms with Gasteiger partial charge in [0.2, 0.25) is 33.7 Å². The molecule has 0 spiro atoms. The van der Waals surface area contributed by atoms with Crippen molar-refractivity contribution in [2.24, 2.45) is 23.7 Å². The van der Waals surface area contributed by atoms with E-state index in [1.807, 2.05) is 41.5 Å². The van der Waals surface area contributed by atoms with Gasteiger partial charge in [-0.3, -0.25) is 23.9 Å². The van der Waals surface area contributed by atoms with Crippen LogP contribution in [0.4, 0.5) is 0 Å². The monoisotopic (exact) mass is 737 g/mol. The first-order valence-electron chi connectivity index (χ1n) is 18.1. The summed E-state index contributed by atoms with van der Waals surface area (Å²) in [6, 6.07) is 6.38. The smallest absolute Gasteiger partial charge is 0.245 e. The predicted molar refractivity (Wildman–Crippen MR) is 198 cm³/mol. The summed E-state index contributed by atoms with van der Waals surface area (Å²) >= 11 is 0. The molecular formula is C37H63N5O8S. The Labute approximate surface area is 306 Å². The van der Waals surface area contributed by atoms with Crippen molar-refractivity contribution >= 4 is 33.7 Å². The van der Waals surface area contributed by atoms with Crippen molar-refractivity contribution in [1.29, 1.82) is 0 Å². The summed E-state index contributed by atoms with van der Waals surface area (Å²) in [6.07, 6.45) is 0.501. The van der Waals surface area contributed by atoms with Crippen molar-refractivity contribution in [2.75, 3.05) is 34.9 Å². The Balaban J connectivity index is 2.26. The summed E-state index contributed by atoms with van der Waals surface area (Å²) in [5.41, 5.74) is 0.551. The highest BCUT2D eigenvalue weighted by molar-refractivity contribution is 7.89. The second-order valence-corrected chi connectivity index (χ2v) is 16.3. The molecule has 1 heterocycles. The SMILES string of the molecule is CC[C@H](C)[C@@H]([C@@H](CC(=O)N1CCC[C@H]1[C@H](OC)[C@@H](C)C(=O)NS(=O)(=O)Cc1ccccc1)OC)N(C)C(=O)C(NC(=O)[C@@H](NC)C(C)C)C(C)C. The average molecular weight is 738 g/mol. The van der Waals surface area contributed by atoms with E-state index in [1.54, 1.807) is 61.2 Å². The Bertz CT molecular complexity index is 1390. The number of hydrogen-bond donors (Lipinski definition) is 3. The fraction of sp³-hybridized carbons (Fsp3) is 0.730. The predicted octanol–water partition coefficient (Wildman–Crippen LogP) is 2.94. The maximum absolute atomic E-state index is 14.1. The van der Waals surface area contributed by atoms with E-state index in [2.05, 4.69) is 15.4 Å². The second-order valence-electron chi connectivity index (χ2n) is 14.5. The van der Waals surface area contributed by atoms with Crippen molar-refractivity contribution in [3.8, 4) is 0 Å². The molecule has 0 bridgehead atoms. The van der Waals surface area contributed by atoms with Crippen LogP contribution in [0.25, 0.3) is 0 Å². The van der Waals surface area contributed by atoms with Crippen LogP contribution in [0.1, 0.15) is 79.7 Å². The fourth-order valence-corrected chi connectivity index (χ4v) is 8.32. The molecule has 13 nitrogen and oxygen atoms in total. The quantitative estimate of drug-likeness (QED) is 0.183. The molecule has 14 heteroatoms. The van der Waals surface area contributed by atoms with Crippen LogP contribution < -0.4 is 15.4 Å². The molecule has 0 aliphatic carbocycles. The summed E-state index contributed by atoms with van der Waals surface area (Å²) in [5.74, 6) is -2.89. The number of likely N-dealkylation sites (tertiary alicyclic amines) is 1. The standard InChI is InChI=1S/C37H63N5O8S/c1-12-25(6)33(41(9)37(46)32(24(4)5)39-36(45)31(38-8)23(2)3)29(49-10)21-30(43)42-20-16-19-28(42)34(50-11)26(7)35(44)40-51(47,48)22-27-17-14-13-15-18-27/h13-15,17-18,23-26,28-29,31-34,38H,12,16,19-22H2,1-11H3,(H,39,45)(H,40,44)/t25-,26+,28-,29+,31-,32?,33-,34+/m0/s1. The molecule has 290 valence electrons. The van der Waals surface area contributed by atoms with E-state index in [4.69, 9.17) is 9.47 Å². The van der Waals surface area contributed by atoms with Crippen molar-refractivity contribution < 1.29 is 37.1 Å². The minimum atomic E-state index is -3.97. The van der Waals surface area contributed by atoms with Crippen LogP contribution in [0.5, 0.6) is 0 Å². The molecule has 0 saturated carbocycles. The van der Waals surface area contributed by atoms with E-state index < -0.39 is 58.2 Å². The van der Waals surface area contributed by atoms with Gasteiger partial charge in [0.05, 0.1) is 48.4 Å². The number of sulfonamides is 1. The second kappa shape index (κ2) is 20.2. The Morgan fingerprint density at radius 3 is 2.06 bits per heavy atom. The lowest BCUT2D eigenvalue weighted by Crippen LogP contribution is -2.59. The van der Waals surface area contributed by atoms with E-state index in [1.165, 1.54) is 14.2 Å². The van der Waals surface area contributed by atoms with Gasteiger partial charge in [0.1, 0.15) is 6.04 Å². The van der Waals surface area contributed by atoms with Gasteiger partial charge in [-0.05, 0) is 43.2 Å². The number of nitrogens with zero attached hydrogens (tertiary/aromatic N) is 2. The molecule has 1 unspecified atom stereocenters. The van der Waals surface area contributed by atoms with Crippen LogP contribution in [0.15, 0.2) is 30.3 Å². The fourth-order valence-electron chi connectivity index (χ4n) is 7.13. The van der Waals surface area contributed by atoms with Crippen molar-refractivity contribution in [1.82, 2.24) is 25.2 Å². The van der Waals surface area contributed by atoms with Crippen LogP contribution in [-0.4, -0.2) is 113 Å². The topological polar surface area (TPSA) is 163 Å². The number of methoxy groups -OCH3 is 2. The third kappa shape index (κ3) is 12.0. The Morgan fingerprint density at radius 2 is 1.55 bits per heavy atom. The van der Waals surface area contributed by atoms with Crippen molar-refractivity contribution in [3.63, 3.8) is 0 Å². The van der Waals surface area contributed by atoms with Gasteiger partial charge < -0.3 is 29.9 Å². The molecular weight excluding hydrogens is 675 g/mol. The number of carbonyl (C=O) groups excluding carboxylic acids is 4. The molecule has 1 aliphatic heterocycles. The lowest BCUT2D eigenvalue weighted by Gasteiger charge is -2.41. The summed E-state index contributed by atoms with van der Waals surface area (Å²) in [7, 11) is 2.42. The lowest BCUT2D eigenvalue weighted by atomic mass is 9.89. The van der Waals surface area contributed by atoms with Crippen molar-refractivity contribution in [3.05, 3.63) is 35.9 Å². The van der Waals surface area contributed by atoms with Crippen LogP contribution >= 0.6 is 0 Å². The maximum atomic E-state index is 14.1. The van der Waals surface area contributed by atoms with Crippen LogP contribution in [-0.2, 0) is 44.4 Å². The molecule has 1 aromatic rings. The number of carbonyl (C=O) groups is 4. The minimum absolute atomic E-state index is 0.0181. The molecule has 2 rings (SSSR count). The van der Waals surface area contributed by atoms with Crippen LogP contribution in [0, 0.1) is 23.7 Å². The zero-order valence-electron chi connectivity index (χ0n) is 32.5. The third-order valence-corrected chi connectivity index (χ3v) is 11.4. The third-order valence-electron chi connectivity index (χ3n) is 10.2. The maximum Gasteiger partial charge on any atom is 0.245 e. The highest BCUT2D eigenvalue weighted by Gasteiger charge is 2.43. The van der Waals surface area contributed by atoms with Crippen molar-refractivity contribution in [2.45, 2.75) is 116 Å². The van der Waals surface area contributed by atoms with E-state index in [0.29, 0.717) is 31.4 Å². The zero-order chi connectivity index (χ0) is 38.6. The highest BCUT2D eigenvalue weighted by atomic mass is 32.2. The molecule has 1 aromatic carbocycles. The van der Waals surface area contributed by atoms with E-state index in [-0.39, 0.29) is 47.6 Å². The van der Waals surface area contributed by atoms with Gasteiger partial charge in [0, 0.05) is 27.8 Å². The van der Waals surface area contributed by atoms with E-state index in [9.17, 15) is 27.6 Å². The van der Waals surface area contributed by atoms with Gasteiger partial charge in [-0.1, -0.05) is 85.2 Å². The molecule has 1 aliphatic rings. The zero-order valence-corrected chi connectivity index (χ0v) is 33.3. The number of hydrogen-bond acceptors (Lipinski definition) is 9. The van der Waals surface area contributed by atoms with Gasteiger partial charge in [-0.15, -0.1) is 0 Å². The first kappa shape index (κ1) is 44.1. The number of rotatable bonds is 20. The number of ether oxygens (including phenoxy) is 2. The average Bonchev–Trinajstić information content (AvgIpc) is 3.56. The Kier molecular flexibility index (Phi) is 17.5. The molecule has 0 aromatic heterocycles. The molecule has 1 saturated heterocycles. The molecule has 1 fully saturated rings. The number of amides is 4. The van der Waals surface area contributed by atoms with Gasteiger partial charge in [0.25, 0.3) is 0 Å². The minimum Gasteiger partial charge on any atom is -0.379 e.